The van der Waals surface area contributed by atoms with Gasteiger partial charge in [-0.3, -0.25) is 14.4 Å². The van der Waals surface area contributed by atoms with Crippen LogP contribution in [0, 0.1) is 17.8 Å². The van der Waals surface area contributed by atoms with E-state index in [9.17, 15) is 24.3 Å². The molecule has 35 heavy (non-hydrogen) atoms. The standard InChI is InChI=1S/C27H39N3O5/c1-7-15(4)22-20(18-12-10-11-13-19(18)25(32)29-22)14-21(31)28-23(16(5)8-2)26(33)30-24(27(34)35)17(6)9-3/h10-17,22-24H,7-9H2,1-6H3,(H,28,31)(H,29,32)(H,30,33)(H,34,35)/b20-14-/t15?,16-,17-,22-,23-,24-/m0/s1. The highest BCUT2D eigenvalue weighted by Gasteiger charge is 2.34. The summed E-state index contributed by atoms with van der Waals surface area (Å²) in [6.07, 6.45) is 3.47. The number of hydrogen-bond donors (Lipinski definition) is 4. The summed E-state index contributed by atoms with van der Waals surface area (Å²) in [4.78, 5) is 50.7. The summed E-state index contributed by atoms with van der Waals surface area (Å²) in [6, 6.07) is 4.87. The zero-order valence-corrected chi connectivity index (χ0v) is 21.6. The smallest absolute Gasteiger partial charge is 0.326 e. The van der Waals surface area contributed by atoms with Gasteiger partial charge in [0.2, 0.25) is 11.8 Å². The molecule has 6 atom stereocenters. The van der Waals surface area contributed by atoms with Crippen molar-refractivity contribution in [2.24, 2.45) is 17.8 Å². The number of carboxylic acid groups (broad SMARTS) is 1. The van der Waals surface area contributed by atoms with Crippen LogP contribution in [0.3, 0.4) is 0 Å². The number of benzene rings is 1. The molecule has 2 rings (SSSR count). The largest absolute Gasteiger partial charge is 0.480 e. The van der Waals surface area contributed by atoms with Crippen LogP contribution in [0.5, 0.6) is 0 Å². The van der Waals surface area contributed by atoms with Crippen molar-refractivity contribution in [3.05, 3.63) is 41.5 Å². The molecule has 8 nitrogen and oxygen atoms in total. The maximum atomic E-state index is 13.2. The fraction of sp³-hybridized carbons (Fsp3) is 0.556. The molecule has 0 aliphatic carbocycles. The topological polar surface area (TPSA) is 125 Å². The van der Waals surface area contributed by atoms with E-state index in [2.05, 4.69) is 16.0 Å². The number of rotatable bonds is 11. The Morgan fingerprint density at radius 1 is 0.943 bits per heavy atom. The van der Waals surface area contributed by atoms with Gasteiger partial charge in [-0.15, -0.1) is 0 Å². The summed E-state index contributed by atoms with van der Waals surface area (Å²) in [7, 11) is 0. The summed E-state index contributed by atoms with van der Waals surface area (Å²) < 4.78 is 0. The lowest BCUT2D eigenvalue weighted by molar-refractivity contribution is -0.144. The third-order valence-corrected chi connectivity index (χ3v) is 7.17. The molecule has 0 saturated heterocycles. The van der Waals surface area contributed by atoms with Crippen molar-refractivity contribution in [2.75, 3.05) is 0 Å². The van der Waals surface area contributed by atoms with Crippen molar-refractivity contribution in [2.45, 2.75) is 78.9 Å². The normalized spacial score (nSPS) is 20.6. The van der Waals surface area contributed by atoms with Gasteiger partial charge in [0.05, 0.1) is 6.04 Å². The van der Waals surface area contributed by atoms with E-state index in [-0.39, 0.29) is 29.7 Å². The molecule has 1 aromatic rings. The SMILES string of the molecule is CCC(C)[C@@H]1NC(=O)c2ccccc2/C1=C/C(=O)N[C@H](C(=O)N[C@H](C(=O)O)[C@@H](C)CC)[C@@H](C)CC. The lowest BCUT2D eigenvalue weighted by Crippen LogP contribution is -2.55. The molecule has 1 aliphatic rings. The predicted octanol–water partition coefficient (Wildman–Crippen LogP) is 3.37. The molecule has 192 valence electrons. The molecule has 1 heterocycles. The second-order valence-corrected chi connectivity index (χ2v) is 9.56. The molecule has 0 saturated carbocycles. The number of aliphatic carboxylic acids is 1. The Morgan fingerprint density at radius 2 is 1.51 bits per heavy atom. The summed E-state index contributed by atoms with van der Waals surface area (Å²) >= 11 is 0. The Labute approximate surface area is 207 Å². The van der Waals surface area contributed by atoms with Crippen LogP contribution in [0.25, 0.3) is 5.57 Å². The van der Waals surface area contributed by atoms with Gasteiger partial charge in [0, 0.05) is 11.6 Å². The number of nitrogens with one attached hydrogen (secondary N) is 3. The van der Waals surface area contributed by atoms with Crippen LogP contribution >= 0.6 is 0 Å². The number of amides is 3. The average Bonchev–Trinajstić information content (AvgIpc) is 2.85. The second kappa shape index (κ2) is 12.5. The summed E-state index contributed by atoms with van der Waals surface area (Å²) in [5, 5.41) is 18.0. The molecule has 8 heteroatoms. The highest BCUT2D eigenvalue weighted by molar-refractivity contribution is 6.07. The van der Waals surface area contributed by atoms with Crippen LogP contribution in [0.15, 0.2) is 30.3 Å². The van der Waals surface area contributed by atoms with E-state index in [1.807, 2.05) is 46.8 Å². The minimum Gasteiger partial charge on any atom is -0.480 e. The fourth-order valence-corrected chi connectivity index (χ4v) is 4.21. The highest BCUT2D eigenvalue weighted by Crippen LogP contribution is 2.31. The predicted molar refractivity (Wildman–Crippen MR) is 136 cm³/mol. The van der Waals surface area contributed by atoms with Crippen LogP contribution in [0.1, 0.15) is 76.7 Å². The lowest BCUT2D eigenvalue weighted by Gasteiger charge is -2.33. The van der Waals surface area contributed by atoms with Crippen molar-refractivity contribution in [1.29, 1.82) is 0 Å². The van der Waals surface area contributed by atoms with Crippen molar-refractivity contribution in [1.82, 2.24) is 16.0 Å². The van der Waals surface area contributed by atoms with E-state index >= 15 is 0 Å². The van der Waals surface area contributed by atoms with Gasteiger partial charge in [0.1, 0.15) is 12.1 Å². The first-order valence-corrected chi connectivity index (χ1v) is 12.5. The molecule has 0 bridgehead atoms. The van der Waals surface area contributed by atoms with E-state index in [0.717, 1.165) is 6.42 Å². The molecule has 3 amide bonds. The number of carboxylic acids is 1. The molecule has 0 spiro atoms. The van der Waals surface area contributed by atoms with Gasteiger partial charge in [-0.2, -0.15) is 0 Å². The van der Waals surface area contributed by atoms with Crippen LogP contribution in [0.4, 0.5) is 0 Å². The zero-order valence-electron chi connectivity index (χ0n) is 21.6. The number of carbonyl (C=O) groups excluding carboxylic acids is 3. The molecule has 0 radical (unpaired) electrons. The Morgan fingerprint density at radius 3 is 2.06 bits per heavy atom. The highest BCUT2D eigenvalue weighted by atomic mass is 16.4. The number of carbonyl (C=O) groups is 4. The van der Waals surface area contributed by atoms with E-state index in [1.54, 1.807) is 19.1 Å². The van der Waals surface area contributed by atoms with E-state index in [0.29, 0.717) is 29.5 Å². The maximum Gasteiger partial charge on any atom is 0.326 e. The number of hydrogen-bond acceptors (Lipinski definition) is 4. The number of fused-ring (bicyclic) bond motifs is 1. The van der Waals surface area contributed by atoms with Crippen LogP contribution < -0.4 is 16.0 Å². The van der Waals surface area contributed by atoms with Crippen molar-refractivity contribution < 1.29 is 24.3 Å². The van der Waals surface area contributed by atoms with Gasteiger partial charge in [-0.25, -0.2) is 4.79 Å². The zero-order chi connectivity index (χ0) is 26.3. The Bertz CT molecular complexity index is 973. The van der Waals surface area contributed by atoms with Crippen molar-refractivity contribution in [3.63, 3.8) is 0 Å². The van der Waals surface area contributed by atoms with E-state index < -0.39 is 29.9 Å². The average molecular weight is 486 g/mol. The summed E-state index contributed by atoms with van der Waals surface area (Å²) in [6.45, 7) is 11.4. The van der Waals surface area contributed by atoms with E-state index in [4.69, 9.17) is 0 Å². The Hall–Kier alpha value is -3.16. The Kier molecular flexibility index (Phi) is 10.0. The molecule has 1 aromatic carbocycles. The van der Waals surface area contributed by atoms with Gasteiger partial charge < -0.3 is 21.1 Å². The van der Waals surface area contributed by atoms with Gasteiger partial charge in [-0.1, -0.05) is 79.0 Å². The monoisotopic (exact) mass is 485 g/mol. The van der Waals surface area contributed by atoms with Crippen LogP contribution in [0.2, 0.25) is 0 Å². The summed E-state index contributed by atoms with van der Waals surface area (Å²) in [5.41, 5.74) is 1.89. The second-order valence-electron chi connectivity index (χ2n) is 9.56. The molecule has 4 N–H and O–H groups in total. The van der Waals surface area contributed by atoms with Crippen LogP contribution in [-0.4, -0.2) is 46.9 Å². The first-order valence-electron chi connectivity index (χ1n) is 12.5. The quantitative estimate of drug-likeness (QED) is 0.358. The van der Waals surface area contributed by atoms with Gasteiger partial charge in [-0.05, 0) is 35.0 Å². The third-order valence-electron chi connectivity index (χ3n) is 7.17. The van der Waals surface area contributed by atoms with Gasteiger partial charge >= 0.3 is 5.97 Å². The molecular formula is C27H39N3O5. The Balaban J connectivity index is 2.37. The third kappa shape index (κ3) is 6.71. The fourth-order valence-electron chi connectivity index (χ4n) is 4.21. The molecular weight excluding hydrogens is 446 g/mol. The molecule has 1 aliphatic heterocycles. The lowest BCUT2D eigenvalue weighted by atomic mass is 9.82. The van der Waals surface area contributed by atoms with E-state index in [1.165, 1.54) is 6.08 Å². The van der Waals surface area contributed by atoms with Crippen LogP contribution in [-0.2, 0) is 14.4 Å². The minimum atomic E-state index is -1.10. The molecule has 0 fully saturated rings. The van der Waals surface area contributed by atoms with Gasteiger partial charge in [0.15, 0.2) is 0 Å². The maximum absolute atomic E-state index is 13.2. The van der Waals surface area contributed by atoms with Crippen molar-refractivity contribution >= 4 is 29.3 Å². The molecule has 0 aromatic heterocycles. The molecule has 1 unspecified atom stereocenters. The first kappa shape index (κ1) is 28.1. The van der Waals surface area contributed by atoms with Crippen molar-refractivity contribution in [3.8, 4) is 0 Å². The first-order chi connectivity index (χ1) is 16.5. The van der Waals surface area contributed by atoms with Gasteiger partial charge in [0.25, 0.3) is 5.91 Å². The summed E-state index contributed by atoms with van der Waals surface area (Å²) in [5.74, 6) is -2.64. The minimum absolute atomic E-state index is 0.0897.